The second-order valence-corrected chi connectivity index (χ2v) is 8.16. The van der Waals surface area contributed by atoms with Crippen molar-refractivity contribution in [2.45, 2.75) is 13.0 Å². The summed E-state index contributed by atoms with van der Waals surface area (Å²) in [6, 6.07) is 24.7. The molecule has 0 spiro atoms. The summed E-state index contributed by atoms with van der Waals surface area (Å²) in [6.45, 7) is 4.68. The second kappa shape index (κ2) is 10.3. The van der Waals surface area contributed by atoms with Gasteiger partial charge < -0.3 is 15.0 Å². The first-order valence-corrected chi connectivity index (χ1v) is 11.1. The molecule has 1 heterocycles. The third-order valence-electron chi connectivity index (χ3n) is 6.02. The maximum Gasteiger partial charge on any atom is 0.246 e. The fourth-order valence-corrected chi connectivity index (χ4v) is 4.22. The van der Waals surface area contributed by atoms with Crippen LogP contribution in [-0.2, 0) is 4.79 Å². The lowest BCUT2D eigenvalue weighted by molar-refractivity contribution is -0.121. The first-order chi connectivity index (χ1) is 16.0. The summed E-state index contributed by atoms with van der Waals surface area (Å²) in [7, 11) is 1.61. The van der Waals surface area contributed by atoms with Crippen molar-refractivity contribution in [3.8, 4) is 5.75 Å². The van der Waals surface area contributed by atoms with E-state index in [1.807, 2.05) is 78.9 Å². The predicted molar refractivity (Wildman–Crippen MR) is 131 cm³/mol. The first-order valence-electron chi connectivity index (χ1n) is 11.1. The van der Waals surface area contributed by atoms with Gasteiger partial charge >= 0.3 is 0 Å². The molecule has 0 radical (unpaired) electrons. The molecule has 1 aliphatic heterocycles. The van der Waals surface area contributed by atoms with Gasteiger partial charge in [0.25, 0.3) is 0 Å². The number of carbonyl (C=O) groups is 2. The molecule has 0 bridgehead atoms. The van der Waals surface area contributed by atoms with Gasteiger partial charge in [-0.1, -0.05) is 36.4 Å². The maximum atomic E-state index is 13.4. The lowest BCUT2D eigenvalue weighted by Crippen LogP contribution is -2.50. The molecule has 0 unspecified atom stereocenters. The highest BCUT2D eigenvalue weighted by Crippen LogP contribution is 2.27. The normalized spacial score (nSPS) is 15.0. The predicted octanol–water partition coefficient (Wildman–Crippen LogP) is 4.40. The van der Waals surface area contributed by atoms with Crippen molar-refractivity contribution in [2.24, 2.45) is 0 Å². The van der Waals surface area contributed by atoms with Crippen molar-refractivity contribution in [1.82, 2.24) is 4.90 Å². The van der Waals surface area contributed by atoms with Crippen LogP contribution in [-0.4, -0.2) is 49.9 Å². The van der Waals surface area contributed by atoms with E-state index >= 15 is 0 Å². The minimum atomic E-state index is -0.389. The van der Waals surface area contributed by atoms with Crippen LogP contribution in [0.25, 0.3) is 0 Å². The summed E-state index contributed by atoms with van der Waals surface area (Å²) in [5.41, 5.74) is 3.49. The third-order valence-corrected chi connectivity index (χ3v) is 6.02. The van der Waals surface area contributed by atoms with Crippen LogP contribution in [0.15, 0.2) is 78.9 Å². The van der Waals surface area contributed by atoms with E-state index in [0.29, 0.717) is 11.4 Å². The van der Waals surface area contributed by atoms with Crippen LogP contribution >= 0.6 is 0 Å². The zero-order chi connectivity index (χ0) is 23.2. The highest BCUT2D eigenvalue weighted by atomic mass is 16.5. The van der Waals surface area contributed by atoms with Crippen molar-refractivity contribution in [2.75, 3.05) is 43.5 Å². The largest absolute Gasteiger partial charge is 0.497 e. The van der Waals surface area contributed by atoms with E-state index < -0.39 is 0 Å². The summed E-state index contributed by atoms with van der Waals surface area (Å²) in [5.74, 6) is 0.710. The third kappa shape index (κ3) is 5.41. The topological polar surface area (TPSA) is 61.9 Å². The van der Waals surface area contributed by atoms with Gasteiger partial charge in [-0.25, -0.2) is 0 Å². The maximum absolute atomic E-state index is 13.4. The van der Waals surface area contributed by atoms with Gasteiger partial charge in [0, 0.05) is 49.2 Å². The van der Waals surface area contributed by atoms with E-state index in [9.17, 15) is 9.59 Å². The van der Waals surface area contributed by atoms with Crippen molar-refractivity contribution in [1.29, 1.82) is 0 Å². The monoisotopic (exact) mass is 443 g/mol. The van der Waals surface area contributed by atoms with E-state index in [1.54, 1.807) is 14.0 Å². The average Bonchev–Trinajstić information content (AvgIpc) is 2.85. The van der Waals surface area contributed by atoms with Crippen LogP contribution in [0.2, 0.25) is 0 Å². The highest BCUT2D eigenvalue weighted by molar-refractivity contribution is 5.96. The fraction of sp³-hybridized carbons (Fsp3) is 0.259. The Morgan fingerprint density at radius 2 is 1.58 bits per heavy atom. The quantitative estimate of drug-likeness (QED) is 0.549. The van der Waals surface area contributed by atoms with Gasteiger partial charge in [-0.05, 0) is 48.9 Å². The summed E-state index contributed by atoms with van der Waals surface area (Å²) in [5, 5.41) is 3.07. The number of benzene rings is 3. The summed E-state index contributed by atoms with van der Waals surface area (Å²) >= 11 is 0. The zero-order valence-electron chi connectivity index (χ0n) is 19.0. The van der Waals surface area contributed by atoms with E-state index in [0.717, 1.165) is 43.0 Å². The molecule has 1 fully saturated rings. The van der Waals surface area contributed by atoms with Crippen LogP contribution in [0.5, 0.6) is 5.75 Å². The van der Waals surface area contributed by atoms with Gasteiger partial charge in [-0.15, -0.1) is 0 Å². The Labute approximate surface area is 194 Å². The smallest absolute Gasteiger partial charge is 0.246 e. The van der Waals surface area contributed by atoms with Crippen molar-refractivity contribution in [3.63, 3.8) is 0 Å². The number of Topliss-reactive ketones (excluding diaryl/α,β-unsaturated/α-hetero) is 1. The average molecular weight is 444 g/mol. The number of ketones is 1. The van der Waals surface area contributed by atoms with Crippen molar-refractivity contribution < 1.29 is 14.3 Å². The lowest BCUT2D eigenvalue weighted by Gasteiger charge is -2.39. The lowest BCUT2D eigenvalue weighted by atomic mass is 10.0. The number of hydrogen-bond donors (Lipinski definition) is 1. The van der Waals surface area contributed by atoms with Crippen molar-refractivity contribution in [3.05, 3.63) is 90.0 Å². The Bertz CT molecular complexity index is 1090. The Kier molecular flexibility index (Phi) is 7.05. The molecule has 33 heavy (non-hydrogen) atoms. The molecule has 0 aromatic heterocycles. The zero-order valence-corrected chi connectivity index (χ0v) is 19.0. The molecule has 1 saturated heterocycles. The molecule has 1 atom stereocenters. The van der Waals surface area contributed by atoms with E-state index in [-0.39, 0.29) is 17.7 Å². The molecule has 6 heteroatoms. The Balaban J connectivity index is 1.49. The molecule has 1 aliphatic rings. The van der Waals surface area contributed by atoms with E-state index in [4.69, 9.17) is 4.74 Å². The highest BCUT2D eigenvalue weighted by Gasteiger charge is 2.30. The number of anilines is 2. The Hall–Kier alpha value is -3.64. The number of ether oxygens (including phenoxy) is 1. The van der Waals surface area contributed by atoms with E-state index in [2.05, 4.69) is 15.1 Å². The van der Waals surface area contributed by atoms with Gasteiger partial charge in [0.15, 0.2) is 5.78 Å². The number of piperazine rings is 1. The molecule has 4 rings (SSSR count). The Morgan fingerprint density at radius 3 is 2.21 bits per heavy atom. The fourth-order valence-electron chi connectivity index (χ4n) is 4.22. The molecule has 0 aliphatic carbocycles. The second-order valence-electron chi connectivity index (χ2n) is 8.16. The van der Waals surface area contributed by atoms with Crippen LogP contribution in [0.4, 0.5) is 11.4 Å². The molecular formula is C27H29N3O3. The van der Waals surface area contributed by atoms with E-state index in [1.165, 1.54) is 0 Å². The van der Waals surface area contributed by atoms with Gasteiger partial charge in [0.1, 0.15) is 11.8 Å². The number of hydrogen-bond acceptors (Lipinski definition) is 5. The SMILES string of the molecule is COc1cccc(NC(=O)[C@H](c2ccccc2)N2CCN(c3ccc(C(C)=O)cc3)CC2)c1. The van der Waals surface area contributed by atoms with Crippen LogP contribution in [0.1, 0.15) is 28.9 Å². The molecule has 3 aromatic carbocycles. The molecule has 1 amide bonds. The minimum absolute atomic E-state index is 0.0614. The molecule has 6 nitrogen and oxygen atoms in total. The molecule has 1 N–H and O–H groups in total. The summed E-state index contributed by atoms with van der Waals surface area (Å²) in [6.07, 6.45) is 0. The van der Waals surface area contributed by atoms with Crippen LogP contribution in [0, 0.1) is 0 Å². The Morgan fingerprint density at radius 1 is 0.879 bits per heavy atom. The van der Waals surface area contributed by atoms with Crippen LogP contribution in [0.3, 0.4) is 0 Å². The van der Waals surface area contributed by atoms with Gasteiger partial charge in [0.05, 0.1) is 7.11 Å². The molecule has 170 valence electrons. The molecule has 0 saturated carbocycles. The number of nitrogens with zero attached hydrogens (tertiary/aromatic N) is 2. The minimum Gasteiger partial charge on any atom is -0.497 e. The number of amides is 1. The summed E-state index contributed by atoms with van der Waals surface area (Å²) in [4.78, 5) is 29.5. The molecular weight excluding hydrogens is 414 g/mol. The first kappa shape index (κ1) is 22.6. The van der Waals surface area contributed by atoms with Gasteiger partial charge in [-0.2, -0.15) is 0 Å². The standard InChI is InChI=1S/C27H29N3O3/c1-20(31)21-11-13-24(14-12-21)29-15-17-30(18-16-29)26(22-7-4-3-5-8-22)27(32)28-23-9-6-10-25(19-23)33-2/h3-14,19,26H,15-18H2,1-2H3,(H,28,32)/t26-/m0/s1. The molecule has 3 aromatic rings. The number of methoxy groups -OCH3 is 1. The van der Waals surface area contributed by atoms with Crippen molar-refractivity contribution >= 4 is 23.1 Å². The van der Waals surface area contributed by atoms with Gasteiger partial charge in [-0.3, -0.25) is 14.5 Å². The number of rotatable bonds is 7. The number of nitrogens with one attached hydrogen (secondary N) is 1. The number of carbonyl (C=O) groups excluding carboxylic acids is 2. The van der Waals surface area contributed by atoms with Crippen LogP contribution < -0.4 is 15.0 Å². The van der Waals surface area contributed by atoms with Gasteiger partial charge in [0.2, 0.25) is 5.91 Å². The summed E-state index contributed by atoms with van der Waals surface area (Å²) < 4.78 is 5.29.